The highest BCUT2D eigenvalue weighted by Gasteiger charge is 2.15. The second-order valence-electron chi connectivity index (χ2n) is 3.92. The van der Waals surface area contributed by atoms with Gasteiger partial charge in [0.2, 0.25) is 0 Å². The summed E-state index contributed by atoms with van der Waals surface area (Å²) in [7, 11) is 0.874. The van der Waals surface area contributed by atoms with Gasteiger partial charge in [0.1, 0.15) is 5.75 Å². The first-order valence-corrected chi connectivity index (χ1v) is 6.80. The Hall–Kier alpha value is -1.15. The summed E-state index contributed by atoms with van der Waals surface area (Å²) >= 11 is 0. The van der Waals surface area contributed by atoms with E-state index in [4.69, 9.17) is 4.74 Å². The number of nitrogens with one attached hydrogen (secondary N) is 1. The van der Waals surface area contributed by atoms with Crippen molar-refractivity contribution in [1.29, 1.82) is 0 Å². The number of methoxy groups -OCH3 is 1. The first-order chi connectivity index (χ1) is 8.36. The minimum Gasteiger partial charge on any atom is -0.497 e. The van der Waals surface area contributed by atoms with E-state index in [2.05, 4.69) is 4.72 Å². The summed E-state index contributed by atoms with van der Waals surface area (Å²) in [6.45, 7) is -0.0765. The molecule has 102 valence electrons. The summed E-state index contributed by atoms with van der Waals surface area (Å²) in [6, 6.07) is 6.79. The molecule has 1 unspecified atom stereocenters. The second kappa shape index (κ2) is 6.14. The van der Waals surface area contributed by atoms with Crippen molar-refractivity contribution < 1.29 is 18.3 Å². The topological polar surface area (TPSA) is 78.9 Å². The van der Waals surface area contributed by atoms with E-state index in [9.17, 15) is 13.5 Å². The molecule has 1 rings (SSSR count). The zero-order valence-electron chi connectivity index (χ0n) is 10.6. The van der Waals surface area contributed by atoms with Gasteiger partial charge in [0.15, 0.2) is 0 Å². The molecule has 6 nitrogen and oxygen atoms in total. The molecule has 0 aromatic heterocycles. The van der Waals surface area contributed by atoms with Crippen LogP contribution < -0.4 is 9.46 Å². The number of rotatable bonds is 6. The molecule has 0 amide bonds. The highest BCUT2D eigenvalue weighted by atomic mass is 32.2. The molecule has 0 aliphatic carbocycles. The highest BCUT2D eigenvalue weighted by molar-refractivity contribution is 7.87. The largest absolute Gasteiger partial charge is 0.497 e. The van der Waals surface area contributed by atoms with E-state index in [1.54, 1.807) is 31.4 Å². The van der Waals surface area contributed by atoms with E-state index in [-0.39, 0.29) is 6.54 Å². The monoisotopic (exact) mass is 274 g/mol. The van der Waals surface area contributed by atoms with Gasteiger partial charge in [-0.25, -0.2) is 0 Å². The quantitative estimate of drug-likeness (QED) is 0.772. The van der Waals surface area contributed by atoms with Crippen LogP contribution in [0, 0.1) is 0 Å². The third-order valence-electron chi connectivity index (χ3n) is 2.44. The Morgan fingerprint density at radius 3 is 2.33 bits per heavy atom. The number of aliphatic hydroxyl groups is 1. The van der Waals surface area contributed by atoms with Crippen molar-refractivity contribution in [2.45, 2.75) is 6.10 Å². The number of ether oxygens (including phenoxy) is 1. The molecule has 18 heavy (non-hydrogen) atoms. The molecule has 0 aliphatic rings. The molecule has 1 aromatic carbocycles. The van der Waals surface area contributed by atoms with Crippen molar-refractivity contribution in [2.24, 2.45) is 0 Å². The zero-order chi connectivity index (χ0) is 13.8. The summed E-state index contributed by atoms with van der Waals surface area (Å²) in [6.07, 6.45) is -0.898. The Morgan fingerprint density at radius 1 is 1.33 bits per heavy atom. The van der Waals surface area contributed by atoms with E-state index in [1.165, 1.54) is 14.1 Å². The Balaban J connectivity index is 2.63. The predicted molar refractivity (Wildman–Crippen MR) is 68.6 cm³/mol. The molecule has 0 bridgehead atoms. The lowest BCUT2D eigenvalue weighted by atomic mass is 10.1. The smallest absolute Gasteiger partial charge is 0.279 e. The van der Waals surface area contributed by atoms with Gasteiger partial charge < -0.3 is 9.84 Å². The maximum atomic E-state index is 11.5. The molecule has 0 heterocycles. The van der Waals surface area contributed by atoms with Crippen LogP contribution in [0.1, 0.15) is 11.7 Å². The van der Waals surface area contributed by atoms with Crippen LogP contribution in [0.25, 0.3) is 0 Å². The average Bonchev–Trinajstić information content (AvgIpc) is 2.36. The maximum Gasteiger partial charge on any atom is 0.279 e. The van der Waals surface area contributed by atoms with Crippen molar-refractivity contribution in [3.8, 4) is 5.75 Å². The molecule has 0 saturated carbocycles. The third kappa shape index (κ3) is 3.95. The number of hydrogen-bond donors (Lipinski definition) is 2. The standard InChI is InChI=1S/C11H18N2O4S/c1-13(2)18(15,16)12-8-11(14)9-4-6-10(17-3)7-5-9/h4-7,11-12,14H,8H2,1-3H3. The van der Waals surface area contributed by atoms with Crippen LogP contribution in [-0.2, 0) is 10.2 Å². The minimum absolute atomic E-state index is 0.0765. The second-order valence-corrected chi connectivity index (χ2v) is 5.89. The van der Waals surface area contributed by atoms with Crippen LogP contribution in [-0.4, -0.2) is 45.6 Å². The lowest BCUT2D eigenvalue weighted by Crippen LogP contribution is -2.37. The molecular formula is C11H18N2O4S. The number of hydrogen-bond acceptors (Lipinski definition) is 4. The Bertz CT molecular complexity index is 470. The van der Waals surface area contributed by atoms with Crippen molar-refractivity contribution in [1.82, 2.24) is 9.03 Å². The summed E-state index contributed by atoms with van der Waals surface area (Å²) in [5.41, 5.74) is 0.622. The highest BCUT2D eigenvalue weighted by Crippen LogP contribution is 2.17. The first-order valence-electron chi connectivity index (χ1n) is 5.36. The van der Waals surface area contributed by atoms with E-state index in [1.807, 2.05) is 0 Å². The summed E-state index contributed by atoms with van der Waals surface area (Å²) in [5.74, 6) is 0.680. The fourth-order valence-electron chi connectivity index (χ4n) is 1.26. The van der Waals surface area contributed by atoms with Gasteiger partial charge in [-0.3, -0.25) is 0 Å². The van der Waals surface area contributed by atoms with Gasteiger partial charge in [-0.15, -0.1) is 0 Å². The molecule has 1 atom stereocenters. The van der Waals surface area contributed by atoms with Gasteiger partial charge in [-0.05, 0) is 17.7 Å². The number of aliphatic hydroxyl groups excluding tert-OH is 1. The van der Waals surface area contributed by atoms with Gasteiger partial charge in [0.05, 0.1) is 13.2 Å². The van der Waals surface area contributed by atoms with Crippen LogP contribution in [0.5, 0.6) is 5.75 Å². The fraction of sp³-hybridized carbons (Fsp3) is 0.455. The van der Waals surface area contributed by atoms with Crippen molar-refractivity contribution in [3.05, 3.63) is 29.8 Å². The Labute approximate surface area is 107 Å². The maximum absolute atomic E-state index is 11.5. The van der Waals surface area contributed by atoms with E-state index < -0.39 is 16.3 Å². The van der Waals surface area contributed by atoms with Crippen molar-refractivity contribution in [3.63, 3.8) is 0 Å². The molecule has 2 N–H and O–H groups in total. The molecule has 0 spiro atoms. The van der Waals surface area contributed by atoms with Gasteiger partial charge in [-0.2, -0.15) is 17.4 Å². The number of benzene rings is 1. The Kier molecular flexibility index (Phi) is 5.09. The lowest BCUT2D eigenvalue weighted by Gasteiger charge is -2.16. The molecule has 0 radical (unpaired) electrons. The predicted octanol–water partition coefficient (Wildman–Crippen LogP) is 0.125. The van der Waals surface area contributed by atoms with E-state index in [0.29, 0.717) is 11.3 Å². The zero-order valence-corrected chi connectivity index (χ0v) is 11.4. The Morgan fingerprint density at radius 2 is 1.89 bits per heavy atom. The molecule has 0 aliphatic heterocycles. The van der Waals surface area contributed by atoms with Crippen LogP contribution in [0.3, 0.4) is 0 Å². The van der Waals surface area contributed by atoms with E-state index in [0.717, 1.165) is 4.31 Å². The van der Waals surface area contributed by atoms with Crippen LogP contribution in [0.2, 0.25) is 0 Å². The molecule has 0 saturated heterocycles. The van der Waals surface area contributed by atoms with Crippen LogP contribution in [0.4, 0.5) is 0 Å². The van der Waals surface area contributed by atoms with Gasteiger partial charge in [-0.1, -0.05) is 12.1 Å². The normalized spacial score (nSPS) is 13.6. The molecule has 7 heteroatoms. The van der Waals surface area contributed by atoms with Crippen LogP contribution in [0.15, 0.2) is 24.3 Å². The first kappa shape index (κ1) is 14.9. The average molecular weight is 274 g/mol. The SMILES string of the molecule is COc1ccc(C(O)CNS(=O)(=O)N(C)C)cc1. The fourth-order valence-corrected chi connectivity index (χ4v) is 1.88. The van der Waals surface area contributed by atoms with Crippen molar-refractivity contribution >= 4 is 10.2 Å². The summed E-state index contributed by atoms with van der Waals surface area (Å²) < 4.78 is 31.2. The van der Waals surface area contributed by atoms with Crippen molar-refractivity contribution in [2.75, 3.05) is 27.7 Å². The molecular weight excluding hydrogens is 256 g/mol. The van der Waals surface area contributed by atoms with Gasteiger partial charge >= 0.3 is 0 Å². The van der Waals surface area contributed by atoms with Gasteiger partial charge in [0.25, 0.3) is 10.2 Å². The van der Waals surface area contributed by atoms with Gasteiger partial charge in [0, 0.05) is 20.6 Å². The lowest BCUT2D eigenvalue weighted by molar-refractivity contribution is 0.181. The van der Waals surface area contributed by atoms with Crippen LogP contribution >= 0.6 is 0 Å². The third-order valence-corrected chi connectivity index (χ3v) is 3.93. The van der Waals surface area contributed by atoms with E-state index >= 15 is 0 Å². The minimum atomic E-state index is -3.52. The molecule has 1 aromatic rings. The summed E-state index contributed by atoms with van der Waals surface area (Å²) in [5, 5.41) is 9.84. The number of nitrogens with zero attached hydrogens (tertiary/aromatic N) is 1. The molecule has 0 fully saturated rings. The summed E-state index contributed by atoms with van der Waals surface area (Å²) in [4.78, 5) is 0.